The lowest BCUT2D eigenvalue weighted by molar-refractivity contribution is -0.137. The van der Waals surface area contributed by atoms with E-state index in [1.165, 1.54) is 6.07 Å². The number of hydrogen-bond acceptors (Lipinski definition) is 3. The molecule has 0 aliphatic carbocycles. The maximum atomic E-state index is 12.6. The molecule has 0 atom stereocenters. The van der Waals surface area contributed by atoms with E-state index in [0.29, 0.717) is 5.69 Å². The molecule has 1 N–H and O–H groups in total. The van der Waals surface area contributed by atoms with Gasteiger partial charge in [0.2, 0.25) is 5.91 Å². The summed E-state index contributed by atoms with van der Waals surface area (Å²) in [5.74, 6) is -0.574. The van der Waals surface area contributed by atoms with Crippen LogP contribution in [0.1, 0.15) is 5.56 Å². The summed E-state index contributed by atoms with van der Waals surface area (Å²) in [5.41, 5.74) is 0.235. The fraction of sp³-hybridized carbons (Fsp3) is 0.105. The largest absolute Gasteiger partial charge is 0.416 e. The number of benzene rings is 2. The third kappa shape index (κ3) is 4.60. The van der Waals surface area contributed by atoms with Gasteiger partial charge in [-0.1, -0.05) is 30.3 Å². The van der Waals surface area contributed by atoms with Crippen molar-refractivity contribution >= 4 is 11.6 Å². The first-order chi connectivity index (χ1) is 12.8. The van der Waals surface area contributed by atoms with E-state index in [-0.39, 0.29) is 12.2 Å². The van der Waals surface area contributed by atoms with E-state index in [1.54, 1.807) is 6.07 Å². The van der Waals surface area contributed by atoms with Crippen LogP contribution in [0.15, 0.2) is 71.5 Å². The average Bonchev–Trinajstić information content (AvgIpc) is 2.64. The number of anilines is 1. The van der Waals surface area contributed by atoms with Crippen LogP contribution in [0, 0.1) is 0 Å². The molecule has 3 aromatic rings. The molecule has 2 aromatic carbocycles. The van der Waals surface area contributed by atoms with Crippen LogP contribution in [-0.4, -0.2) is 15.7 Å². The van der Waals surface area contributed by atoms with E-state index < -0.39 is 23.2 Å². The van der Waals surface area contributed by atoms with Gasteiger partial charge in [0.25, 0.3) is 5.56 Å². The van der Waals surface area contributed by atoms with Gasteiger partial charge in [0.1, 0.15) is 6.54 Å². The highest BCUT2D eigenvalue weighted by molar-refractivity contribution is 5.90. The van der Waals surface area contributed by atoms with Crippen molar-refractivity contribution in [1.82, 2.24) is 9.78 Å². The molecule has 27 heavy (non-hydrogen) atoms. The summed E-state index contributed by atoms with van der Waals surface area (Å²) in [7, 11) is 0. The van der Waals surface area contributed by atoms with E-state index in [9.17, 15) is 22.8 Å². The van der Waals surface area contributed by atoms with Crippen molar-refractivity contribution in [2.75, 3.05) is 5.32 Å². The number of alkyl halides is 3. The maximum Gasteiger partial charge on any atom is 0.416 e. The maximum absolute atomic E-state index is 12.6. The fourth-order valence-corrected chi connectivity index (χ4v) is 2.40. The second kappa shape index (κ2) is 7.45. The summed E-state index contributed by atoms with van der Waals surface area (Å²) < 4.78 is 38.7. The van der Waals surface area contributed by atoms with Gasteiger partial charge < -0.3 is 5.32 Å². The molecule has 0 fully saturated rings. The lowest BCUT2D eigenvalue weighted by Gasteiger charge is -2.10. The Morgan fingerprint density at radius 3 is 2.26 bits per heavy atom. The number of aromatic nitrogens is 2. The Hall–Kier alpha value is -3.42. The van der Waals surface area contributed by atoms with E-state index in [4.69, 9.17) is 0 Å². The summed E-state index contributed by atoms with van der Waals surface area (Å²) in [6, 6.07) is 16.0. The van der Waals surface area contributed by atoms with Crippen LogP contribution in [0.2, 0.25) is 0 Å². The van der Waals surface area contributed by atoms with E-state index >= 15 is 0 Å². The third-order valence-corrected chi connectivity index (χ3v) is 3.73. The molecule has 0 saturated carbocycles. The zero-order chi connectivity index (χ0) is 19.4. The van der Waals surface area contributed by atoms with Crippen molar-refractivity contribution in [2.24, 2.45) is 0 Å². The Labute approximate surface area is 152 Å². The summed E-state index contributed by atoms with van der Waals surface area (Å²) in [4.78, 5) is 24.1. The molecule has 0 radical (unpaired) electrons. The van der Waals surface area contributed by atoms with Crippen LogP contribution in [-0.2, 0) is 17.5 Å². The predicted molar refractivity (Wildman–Crippen MR) is 94.0 cm³/mol. The van der Waals surface area contributed by atoms with Crippen molar-refractivity contribution in [3.8, 4) is 11.3 Å². The molecular weight excluding hydrogens is 359 g/mol. The zero-order valence-electron chi connectivity index (χ0n) is 13.9. The molecular formula is C19H14F3N3O2. The van der Waals surface area contributed by atoms with Crippen molar-refractivity contribution in [1.29, 1.82) is 0 Å². The number of carbonyl (C=O) groups is 1. The van der Waals surface area contributed by atoms with Crippen molar-refractivity contribution in [3.05, 3.63) is 82.6 Å². The molecule has 0 aliphatic heterocycles. The van der Waals surface area contributed by atoms with Gasteiger partial charge in [-0.2, -0.15) is 18.3 Å². The minimum absolute atomic E-state index is 0.195. The second-order valence-corrected chi connectivity index (χ2v) is 5.70. The predicted octanol–water partition coefficient (Wildman–Crippen LogP) is 3.57. The second-order valence-electron chi connectivity index (χ2n) is 5.70. The number of amides is 1. The minimum Gasteiger partial charge on any atom is -0.324 e. The molecule has 138 valence electrons. The quantitative estimate of drug-likeness (QED) is 0.761. The summed E-state index contributed by atoms with van der Waals surface area (Å²) in [6.45, 7) is -0.361. The first kappa shape index (κ1) is 18.4. The molecule has 0 bridgehead atoms. The van der Waals surface area contributed by atoms with Gasteiger partial charge in [0, 0.05) is 17.3 Å². The number of nitrogens with one attached hydrogen (secondary N) is 1. The molecule has 0 spiro atoms. The fourth-order valence-electron chi connectivity index (χ4n) is 2.40. The minimum atomic E-state index is -4.45. The number of rotatable bonds is 4. The van der Waals surface area contributed by atoms with Crippen molar-refractivity contribution < 1.29 is 18.0 Å². The Balaban J connectivity index is 1.73. The van der Waals surface area contributed by atoms with Crippen molar-refractivity contribution in [3.63, 3.8) is 0 Å². The molecule has 5 nitrogen and oxygen atoms in total. The Morgan fingerprint density at radius 2 is 1.63 bits per heavy atom. The van der Waals surface area contributed by atoms with Gasteiger partial charge in [0.05, 0.1) is 11.3 Å². The molecule has 8 heteroatoms. The highest BCUT2D eigenvalue weighted by atomic mass is 19.4. The van der Waals surface area contributed by atoms with Gasteiger partial charge >= 0.3 is 6.18 Å². The number of hydrogen-bond donors (Lipinski definition) is 1. The van der Waals surface area contributed by atoms with Crippen LogP contribution >= 0.6 is 0 Å². The molecule has 1 heterocycles. The molecule has 0 unspecified atom stereocenters. The van der Waals surface area contributed by atoms with Gasteiger partial charge in [-0.15, -0.1) is 0 Å². The summed E-state index contributed by atoms with van der Waals surface area (Å²) >= 11 is 0. The van der Waals surface area contributed by atoms with Crippen LogP contribution in [0.4, 0.5) is 18.9 Å². The SMILES string of the molecule is O=C(Cn1nc(-c2ccccc2)ccc1=O)Nc1ccc(C(F)(F)F)cc1. The van der Waals surface area contributed by atoms with Crippen LogP contribution in [0.5, 0.6) is 0 Å². The van der Waals surface area contributed by atoms with Gasteiger partial charge in [0.15, 0.2) is 0 Å². The number of nitrogens with zero attached hydrogens (tertiary/aromatic N) is 2. The highest BCUT2D eigenvalue weighted by Crippen LogP contribution is 2.29. The molecule has 0 saturated heterocycles. The molecule has 1 aromatic heterocycles. The van der Waals surface area contributed by atoms with Crippen molar-refractivity contribution in [2.45, 2.75) is 12.7 Å². The molecule has 0 aliphatic rings. The van der Waals surface area contributed by atoms with E-state index in [0.717, 1.165) is 34.5 Å². The smallest absolute Gasteiger partial charge is 0.324 e. The van der Waals surface area contributed by atoms with Gasteiger partial charge in [-0.25, -0.2) is 4.68 Å². The monoisotopic (exact) mass is 373 g/mol. The first-order valence-corrected chi connectivity index (χ1v) is 7.93. The Kier molecular flexibility index (Phi) is 5.07. The first-order valence-electron chi connectivity index (χ1n) is 7.93. The lowest BCUT2D eigenvalue weighted by atomic mass is 10.1. The lowest BCUT2D eigenvalue weighted by Crippen LogP contribution is -2.29. The summed E-state index contributed by atoms with van der Waals surface area (Å²) in [5, 5.41) is 6.61. The topological polar surface area (TPSA) is 64.0 Å². The number of carbonyl (C=O) groups excluding carboxylic acids is 1. The molecule has 1 amide bonds. The van der Waals surface area contributed by atoms with Gasteiger partial charge in [-0.05, 0) is 30.3 Å². The Bertz CT molecular complexity index is 997. The highest BCUT2D eigenvalue weighted by Gasteiger charge is 2.29. The normalized spacial score (nSPS) is 11.2. The number of halogens is 3. The third-order valence-electron chi connectivity index (χ3n) is 3.73. The van der Waals surface area contributed by atoms with E-state index in [2.05, 4.69) is 10.4 Å². The van der Waals surface area contributed by atoms with Crippen LogP contribution in [0.25, 0.3) is 11.3 Å². The van der Waals surface area contributed by atoms with Crippen LogP contribution < -0.4 is 10.9 Å². The van der Waals surface area contributed by atoms with E-state index in [1.807, 2.05) is 30.3 Å². The van der Waals surface area contributed by atoms with Gasteiger partial charge in [-0.3, -0.25) is 9.59 Å². The summed E-state index contributed by atoms with van der Waals surface area (Å²) in [6.07, 6.45) is -4.45. The standard InChI is InChI=1S/C19H14F3N3O2/c20-19(21,22)14-6-8-15(9-7-14)23-17(26)12-25-18(27)11-10-16(24-25)13-4-2-1-3-5-13/h1-11H,12H2,(H,23,26). The average molecular weight is 373 g/mol. The molecule has 3 rings (SSSR count). The zero-order valence-corrected chi connectivity index (χ0v) is 13.9. The van der Waals surface area contributed by atoms with Crippen LogP contribution in [0.3, 0.4) is 0 Å². The Morgan fingerprint density at radius 1 is 0.963 bits per heavy atom.